The fourth-order valence-electron chi connectivity index (χ4n) is 2.72. The van der Waals surface area contributed by atoms with Crippen LogP contribution in [0.2, 0.25) is 0 Å². The van der Waals surface area contributed by atoms with E-state index in [4.69, 9.17) is 5.11 Å². The van der Waals surface area contributed by atoms with Crippen LogP contribution in [0.15, 0.2) is 0 Å². The molecule has 0 amide bonds. The minimum Gasteiger partial charge on any atom is -0.480 e. The van der Waals surface area contributed by atoms with Gasteiger partial charge in [0.2, 0.25) is 0 Å². The predicted molar refractivity (Wildman–Crippen MR) is 70.6 cm³/mol. The maximum atomic E-state index is 10.7. The van der Waals surface area contributed by atoms with Crippen molar-refractivity contribution in [3.8, 4) is 0 Å². The molecule has 0 radical (unpaired) electrons. The average molecular weight is 258 g/mol. The van der Waals surface area contributed by atoms with E-state index >= 15 is 0 Å². The van der Waals surface area contributed by atoms with Gasteiger partial charge >= 0.3 is 5.97 Å². The van der Waals surface area contributed by atoms with Gasteiger partial charge in [-0.2, -0.15) is 11.8 Å². The lowest BCUT2D eigenvalue weighted by Gasteiger charge is -2.33. The van der Waals surface area contributed by atoms with Crippen LogP contribution >= 0.6 is 11.8 Å². The molecule has 2 fully saturated rings. The second kappa shape index (κ2) is 6.61. The number of rotatable bonds is 3. The van der Waals surface area contributed by atoms with Crippen molar-refractivity contribution in [3.63, 3.8) is 0 Å². The number of thioether (sulfide) groups is 1. The van der Waals surface area contributed by atoms with Crippen molar-refractivity contribution in [3.05, 3.63) is 0 Å². The highest BCUT2D eigenvalue weighted by Crippen LogP contribution is 2.22. The third kappa shape index (κ3) is 4.16. The third-order valence-corrected chi connectivity index (χ3v) is 4.83. The summed E-state index contributed by atoms with van der Waals surface area (Å²) in [5.74, 6) is 1.88. The average Bonchev–Trinajstić information content (AvgIpc) is 2.55. The summed E-state index contributed by atoms with van der Waals surface area (Å²) in [6.07, 6.45) is 3.77. The minimum absolute atomic E-state index is 0.202. The van der Waals surface area contributed by atoms with Gasteiger partial charge in [-0.05, 0) is 31.6 Å². The number of carbonyl (C=O) groups is 1. The molecule has 0 aromatic carbocycles. The van der Waals surface area contributed by atoms with E-state index in [0.29, 0.717) is 0 Å². The first-order valence-electron chi connectivity index (χ1n) is 6.51. The smallest absolute Gasteiger partial charge is 0.317 e. The van der Waals surface area contributed by atoms with Crippen LogP contribution in [0.5, 0.6) is 0 Å². The van der Waals surface area contributed by atoms with Crippen molar-refractivity contribution in [1.82, 2.24) is 9.80 Å². The van der Waals surface area contributed by atoms with Gasteiger partial charge in [0.15, 0.2) is 0 Å². The summed E-state index contributed by atoms with van der Waals surface area (Å²) in [6.45, 7) is 4.23. The zero-order chi connectivity index (χ0) is 12.1. The first-order valence-corrected chi connectivity index (χ1v) is 7.67. The van der Waals surface area contributed by atoms with Crippen molar-refractivity contribution in [2.75, 3.05) is 44.2 Å². The van der Waals surface area contributed by atoms with Crippen molar-refractivity contribution < 1.29 is 9.90 Å². The Morgan fingerprint density at radius 1 is 1.24 bits per heavy atom. The fraction of sp³-hybridized carbons (Fsp3) is 0.917. The van der Waals surface area contributed by atoms with Gasteiger partial charge in [-0.15, -0.1) is 0 Å². The van der Waals surface area contributed by atoms with Gasteiger partial charge < -0.3 is 5.11 Å². The molecule has 5 heteroatoms. The van der Waals surface area contributed by atoms with Gasteiger partial charge in [-0.3, -0.25) is 14.6 Å². The van der Waals surface area contributed by atoms with E-state index in [1.165, 1.54) is 24.3 Å². The molecule has 2 rings (SSSR count). The molecule has 0 saturated carbocycles. The van der Waals surface area contributed by atoms with E-state index in [9.17, 15) is 4.79 Å². The molecule has 2 aliphatic rings. The first kappa shape index (κ1) is 13.2. The second-order valence-corrected chi connectivity index (χ2v) is 6.08. The lowest BCUT2D eigenvalue weighted by Crippen LogP contribution is -2.41. The normalized spacial score (nSPS) is 28.8. The molecule has 1 atom stereocenters. The second-order valence-electron chi connectivity index (χ2n) is 4.93. The number of hydrogen-bond donors (Lipinski definition) is 1. The lowest BCUT2D eigenvalue weighted by atomic mass is 10.1. The molecule has 1 unspecified atom stereocenters. The largest absolute Gasteiger partial charge is 0.480 e. The molecule has 2 aliphatic heterocycles. The monoisotopic (exact) mass is 258 g/mol. The summed E-state index contributed by atoms with van der Waals surface area (Å²) in [6, 6.07) is 0.735. The van der Waals surface area contributed by atoms with E-state index in [0.717, 1.165) is 38.6 Å². The van der Waals surface area contributed by atoms with Crippen LogP contribution in [-0.4, -0.2) is 71.1 Å². The predicted octanol–water partition coefficient (Wildman–Crippen LogP) is 0.974. The number of carboxylic acid groups (broad SMARTS) is 1. The van der Waals surface area contributed by atoms with Crippen LogP contribution in [0, 0.1) is 0 Å². The number of carboxylic acids is 1. The molecule has 0 aromatic rings. The van der Waals surface area contributed by atoms with Gasteiger partial charge in [0.05, 0.1) is 6.54 Å². The zero-order valence-corrected chi connectivity index (χ0v) is 11.1. The number of nitrogens with zero attached hydrogens (tertiary/aromatic N) is 2. The van der Waals surface area contributed by atoms with E-state index in [2.05, 4.69) is 21.6 Å². The third-order valence-electron chi connectivity index (χ3n) is 3.63. The summed E-state index contributed by atoms with van der Waals surface area (Å²) in [5, 5.41) is 8.81. The topological polar surface area (TPSA) is 43.8 Å². The summed E-state index contributed by atoms with van der Waals surface area (Å²) >= 11 is 2.07. The Balaban J connectivity index is 1.80. The van der Waals surface area contributed by atoms with Gasteiger partial charge in [0, 0.05) is 31.4 Å². The van der Waals surface area contributed by atoms with Crippen molar-refractivity contribution in [2.45, 2.75) is 25.3 Å². The summed E-state index contributed by atoms with van der Waals surface area (Å²) in [7, 11) is 0. The van der Waals surface area contributed by atoms with E-state index in [1.807, 2.05) is 0 Å². The highest BCUT2D eigenvalue weighted by atomic mass is 32.2. The minimum atomic E-state index is -0.702. The molecule has 0 bridgehead atoms. The Kier molecular flexibility index (Phi) is 5.13. The van der Waals surface area contributed by atoms with Crippen molar-refractivity contribution in [1.29, 1.82) is 0 Å². The maximum absolute atomic E-state index is 10.7. The quantitative estimate of drug-likeness (QED) is 0.817. The van der Waals surface area contributed by atoms with Gasteiger partial charge in [-0.25, -0.2) is 0 Å². The molecule has 0 aliphatic carbocycles. The molecule has 17 heavy (non-hydrogen) atoms. The van der Waals surface area contributed by atoms with Crippen LogP contribution < -0.4 is 0 Å². The Labute approximate surface area is 107 Å². The molecule has 1 N–H and O–H groups in total. The van der Waals surface area contributed by atoms with E-state index < -0.39 is 5.97 Å². The highest BCUT2D eigenvalue weighted by molar-refractivity contribution is 7.99. The fourth-order valence-corrected chi connectivity index (χ4v) is 3.90. The number of aliphatic carboxylic acids is 1. The molecule has 2 heterocycles. The van der Waals surface area contributed by atoms with Crippen LogP contribution in [0.1, 0.15) is 19.3 Å². The molecule has 2 saturated heterocycles. The van der Waals surface area contributed by atoms with Crippen LogP contribution in [-0.2, 0) is 4.79 Å². The molecule has 4 nitrogen and oxygen atoms in total. The Hall–Kier alpha value is -0.260. The Morgan fingerprint density at radius 3 is 2.82 bits per heavy atom. The summed E-state index contributed by atoms with van der Waals surface area (Å²) < 4.78 is 0. The Bertz CT molecular complexity index is 257. The van der Waals surface area contributed by atoms with Gasteiger partial charge in [-0.1, -0.05) is 0 Å². The van der Waals surface area contributed by atoms with E-state index in [-0.39, 0.29) is 6.54 Å². The Morgan fingerprint density at radius 2 is 2.12 bits per heavy atom. The molecular formula is C12H22N2O2S. The van der Waals surface area contributed by atoms with Crippen molar-refractivity contribution >= 4 is 17.7 Å². The number of hydrogen-bond acceptors (Lipinski definition) is 4. The standard InChI is InChI=1S/C12H22N2O2S/c15-12(16)9-13-4-2-5-14(7-6-13)11-3-1-8-17-10-11/h11H,1-10H2,(H,15,16). The van der Waals surface area contributed by atoms with Crippen LogP contribution in [0.3, 0.4) is 0 Å². The highest BCUT2D eigenvalue weighted by Gasteiger charge is 2.24. The van der Waals surface area contributed by atoms with Gasteiger partial charge in [0.25, 0.3) is 0 Å². The maximum Gasteiger partial charge on any atom is 0.317 e. The molecule has 0 aromatic heterocycles. The van der Waals surface area contributed by atoms with Crippen LogP contribution in [0.25, 0.3) is 0 Å². The van der Waals surface area contributed by atoms with Crippen LogP contribution in [0.4, 0.5) is 0 Å². The lowest BCUT2D eigenvalue weighted by molar-refractivity contribution is -0.138. The van der Waals surface area contributed by atoms with E-state index in [1.54, 1.807) is 0 Å². The van der Waals surface area contributed by atoms with Crippen molar-refractivity contribution in [2.24, 2.45) is 0 Å². The molecular weight excluding hydrogens is 236 g/mol. The molecule has 0 spiro atoms. The summed E-state index contributed by atoms with van der Waals surface area (Å²) in [4.78, 5) is 15.3. The molecule has 98 valence electrons. The first-order chi connectivity index (χ1) is 8.25. The summed E-state index contributed by atoms with van der Waals surface area (Å²) in [5.41, 5.74) is 0. The zero-order valence-electron chi connectivity index (χ0n) is 10.3. The van der Waals surface area contributed by atoms with Gasteiger partial charge in [0.1, 0.15) is 0 Å². The SMILES string of the molecule is O=C(O)CN1CCCN(C2CCCSC2)CC1.